The highest BCUT2D eigenvalue weighted by Gasteiger charge is 2.34. The lowest BCUT2D eigenvalue weighted by molar-refractivity contribution is -0.111. The van der Waals surface area contributed by atoms with Crippen molar-refractivity contribution in [1.29, 1.82) is 0 Å². The summed E-state index contributed by atoms with van der Waals surface area (Å²) in [5.41, 5.74) is 4.17. The predicted octanol–water partition coefficient (Wildman–Crippen LogP) is 4.66. The van der Waals surface area contributed by atoms with Crippen LogP contribution in [-0.4, -0.2) is 31.7 Å². The first-order valence-electron chi connectivity index (χ1n) is 11.3. The summed E-state index contributed by atoms with van der Waals surface area (Å²) < 4.78 is 1.70. The Morgan fingerprint density at radius 1 is 1.11 bits per heavy atom. The second-order valence-electron chi connectivity index (χ2n) is 8.25. The van der Waals surface area contributed by atoms with Crippen LogP contribution in [0, 0.1) is 6.92 Å². The molecule has 0 atom stereocenters. The number of hydrogen-bond donors (Lipinski definition) is 2. The highest BCUT2D eigenvalue weighted by molar-refractivity contribution is 6.10. The zero-order valence-corrected chi connectivity index (χ0v) is 19.8. The molecule has 36 heavy (non-hydrogen) atoms. The fourth-order valence-corrected chi connectivity index (χ4v) is 4.01. The van der Waals surface area contributed by atoms with Gasteiger partial charge in [0.25, 0.3) is 0 Å². The van der Waals surface area contributed by atoms with Gasteiger partial charge in [0, 0.05) is 36.4 Å². The Balaban J connectivity index is 1.59. The van der Waals surface area contributed by atoms with Gasteiger partial charge in [0.15, 0.2) is 5.82 Å². The zero-order valence-electron chi connectivity index (χ0n) is 19.8. The number of urea groups is 1. The van der Waals surface area contributed by atoms with Crippen LogP contribution in [-0.2, 0) is 18.4 Å². The van der Waals surface area contributed by atoms with Gasteiger partial charge in [-0.25, -0.2) is 14.7 Å². The van der Waals surface area contributed by atoms with E-state index >= 15 is 0 Å². The third-order valence-electron chi connectivity index (χ3n) is 5.69. The number of rotatable bonds is 6. The van der Waals surface area contributed by atoms with E-state index in [2.05, 4.69) is 27.3 Å². The molecular weight excluding hydrogens is 456 g/mol. The SMILES string of the molecule is C=CC(=O)Nc1cccc(N2C(=O)N(c3ccccc3)Cc3cnc(Nc4cn(C)nc4C)nc32)c1. The van der Waals surface area contributed by atoms with E-state index in [9.17, 15) is 9.59 Å². The maximum absolute atomic E-state index is 13.9. The minimum absolute atomic E-state index is 0.275. The summed E-state index contributed by atoms with van der Waals surface area (Å²) in [5.74, 6) is 0.453. The van der Waals surface area contributed by atoms with Crippen LogP contribution < -0.4 is 20.4 Å². The first-order chi connectivity index (χ1) is 17.4. The standard InChI is InChI=1S/C26H24N8O2/c1-4-23(35)28-19-9-8-12-21(13-19)34-24-18(15-33(26(34)36)20-10-6-5-7-11-20)14-27-25(30-24)29-22-16-32(3)31-17(22)2/h4-14,16H,1,15H2,2-3H3,(H,28,35)(H,27,29,30). The first kappa shape index (κ1) is 22.8. The third kappa shape index (κ3) is 4.39. The van der Waals surface area contributed by atoms with Crippen molar-refractivity contribution in [2.24, 2.45) is 7.05 Å². The van der Waals surface area contributed by atoms with Gasteiger partial charge < -0.3 is 10.6 Å². The molecule has 2 aromatic heterocycles. The smallest absolute Gasteiger partial charge is 0.322 e. The average Bonchev–Trinajstić information content (AvgIpc) is 3.20. The van der Waals surface area contributed by atoms with Crippen LogP contribution >= 0.6 is 0 Å². The maximum Gasteiger partial charge on any atom is 0.335 e. The van der Waals surface area contributed by atoms with Crippen LogP contribution in [0.1, 0.15) is 11.3 Å². The van der Waals surface area contributed by atoms with Crippen LogP contribution in [0.4, 0.5) is 39.3 Å². The van der Waals surface area contributed by atoms with Crippen LogP contribution in [0.2, 0.25) is 0 Å². The van der Waals surface area contributed by atoms with Crippen molar-refractivity contribution < 1.29 is 9.59 Å². The van der Waals surface area contributed by atoms with Gasteiger partial charge in [-0.1, -0.05) is 30.8 Å². The molecule has 10 heteroatoms. The summed E-state index contributed by atoms with van der Waals surface area (Å²) in [6.07, 6.45) is 4.75. The maximum atomic E-state index is 13.9. The molecule has 0 saturated carbocycles. The number of para-hydroxylation sites is 1. The van der Waals surface area contributed by atoms with E-state index in [4.69, 9.17) is 4.98 Å². The van der Waals surface area contributed by atoms with Crippen LogP contribution in [0.25, 0.3) is 0 Å². The van der Waals surface area contributed by atoms with Crippen LogP contribution in [0.5, 0.6) is 0 Å². The Morgan fingerprint density at radius 2 is 1.89 bits per heavy atom. The van der Waals surface area contributed by atoms with Crippen molar-refractivity contribution >= 4 is 46.5 Å². The summed E-state index contributed by atoms with van der Waals surface area (Å²) in [6, 6.07) is 16.2. The van der Waals surface area contributed by atoms with E-state index in [-0.39, 0.29) is 11.9 Å². The average molecular weight is 481 g/mol. The lowest BCUT2D eigenvalue weighted by Crippen LogP contribution is -2.45. The molecule has 1 aliphatic rings. The lowest BCUT2D eigenvalue weighted by atomic mass is 10.1. The molecule has 0 radical (unpaired) electrons. The van der Waals surface area contributed by atoms with E-state index < -0.39 is 0 Å². The Bertz CT molecular complexity index is 1460. The van der Waals surface area contributed by atoms with Gasteiger partial charge in [-0.15, -0.1) is 0 Å². The molecule has 4 aromatic rings. The number of benzene rings is 2. The van der Waals surface area contributed by atoms with E-state index in [0.717, 1.165) is 22.6 Å². The summed E-state index contributed by atoms with van der Waals surface area (Å²) in [4.78, 5) is 38.1. The van der Waals surface area contributed by atoms with E-state index in [1.165, 1.54) is 11.0 Å². The number of carbonyl (C=O) groups excluding carboxylic acids is 2. The predicted molar refractivity (Wildman–Crippen MR) is 139 cm³/mol. The number of amides is 3. The van der Waals surface area contributed by atoms with Gasteiger partial charge in [-0.05, 0) is 43.3 Å². The van der Waals surface area contributed by atoms with Crippen molar-refractivity contribution in [2.75, 3.05) is 20.4 Å². The summed E-state index contributed by atoms with van der Waals surface area (Å²) >= 11 is 0. The molecule has 0 unspecified atom stereocenters. The Morgan fingerprint density at radius 3 is 2.61 bits per heavy atom. The number of aryl methyl sites for hydroxylation is 2. The number of hydrogen-bond acceptors (Lipinski definition) is 6. The quantitative estimate of drug-likeness (QED) is 0.389. The van der Waals surface area contributed by atoms with Crippen molar-refractivity contribution in [3.63, 3.8) is 0 Å². The number of aromatic nitrogens is 4. The first-order valence-corrected chi connectivity index (χ1v) is 11.3. The molecule has 2 N–H and O–H groups in total. The third-order valence-corrected chi connectivity index (χ3v) is 5.69. The molecule has 0 bridgehead atoms. The molecule has 3 amide bonds. The van der Waals surface area contributed by atoms with Crippen molar-refractivity contribution in [3.05, 3.63) is 90.9 Å². The van der Waals surface area contributed by atoms with Gasteiger partial charge in [0.1, 0.15) is 0 Å². The number of anilines is 6. The molecule has 10 nitrogen and oxygen atoms in total. The van der Waals surface area contributed by atoms with Crippen molar-refractivity contribution in [1.82, 2.24) is 19.7 Å². The molecule has 0 spiro atoms. The van der Waals surface area contributed by atoms with Gasteiger partial charge in [-0.2, -0.15) is 10.1 Å². The highest BCUT2D eigenvalue weighted by Crippen LogP contribution is 2.37. The van der Waals surface area contributed by atoms with E-state index in [1.807, 2.05) is 50.5 Å². The normalized spacial score (nSPS) is 12.8. The number of fused-ring (bicyclic) bond motifs is 1. The Kier molecular flexibility index (Phi) is 5.91. The molecule has 0 aliphatic carbocycles. The number of nitrogens with one attached hydrogen (secondary N) is 2. The van der Waals surface area contributed by atoms with Gasteiger partial charge in [0.05, 0.1) is 23.6 Å². The fourth-order valence-electron chi connectivity index (χ4n) is 4.01. The molecule has 5 rings (SSSR count). The van der Waals surface area contributed by atoms with Gasteiger partial charge >= 0.3 is 6.03 Å². The second kappa shape index (κ2) is 9.34. The number of carbonyl (C=O) groups is 2. The van der Waals surface area contributed by atoms with Gasteiger partial charge in [0.2, 0.25) is 11.9 Å². The Hall–Kier alpha value is -4.99. The largest absolute Gasteiger partial charge is 0.335 e. The van der Waals surface area contributed by atoms with Crippen LogP contribution in [0.15, 0.2) is 79.6 Å². The van der Waals surface area contributed by atoms with E-state index in [1.54, 1.807) is 40.0 Å². The second-order valence-corrected chi connectivity index (χ2v) is 8.25. The summed E-state index contributed by atoms with van der Waals surface area (Å²) in [5, 5.41) is 10.3. The minimum Gasteiger partial charge on any atom is -0.322 e. The van der Waals surface area contributed by atoms with Crippen molar-refractivity contribution in [3.8, 4) is 0 Å². The zero-order chi connectivity index (χ0) is 25.2. The molecular formula is C26H24N8O2. The molecule has 1 aliphatic heterocycles. The van der Waals surface area contributed by atoms with E-state index in [0.29, 0.717) is 29.7 Å². The topological polar surface area (TPSA) is 108 Å². The molecule has 2 aromatic carbocycles. The number of nitrogens with zero attached hydrogens (tertiary/aromatic N) is 6. The highest BCUT2D eigenvalue weighted by atomic mass is 16.2. The Labute approximate surface area is 207 Å². The molecule has 0 fully saturated rings. The minimum atomic E-state index is -0.343. The molecule has 180 valence electrons. The molecule has 0 saturated heterocycles. The lowest BCUT2D eigenvalue weighted by Gasteiger charge is -2.36. The summed E-state index contributed by atoms with van der Waals surface area (Å²) in [6.45, 7) is 5.69. The monoisotopic (exact) mass is 480 g/mol. The van der Waals surface area contributed by atoms with Gasteiger partial charge in [-0.3, -0.25) is 14.4 Å². The van der Waals surface area contributed by atoms with Crippen molar-refractivity contribution in [2.45, 2.75) is 13.5 Å². The fraction of sp³-hybridized carbons (Fsp3) is 0.115. The van der Waals surface area contributed by atoms with Crippen LogP contribution in [0.3, 0.4) is 0 Å². The summed E-state index contributed by atoms with van der Waals surface area (Å²) in [7, 11) is 1.84. The molecule has 3 heterocycles.